The first-order valence-electron chi connectivity index (χ1n) is 12.6. The third kappa shape index (κ3) is 6.42. The highest BCUT2D eigenvalue weighted by Gasteiger charge is 2.34. The molecule has 4 rings (SSSR count). The van der Waals surface area contributed by atoms with Gasteiger partial charge in [-0.3, -0.25) is 4.79 Å². The fourth-order valence-corrected chi connectivity index (χ4v) is 6.76. The van der Waals surface area contributed by atoms with Crippen molar-refractivity contribution < 1.29 is 17.9 Å². The maximum Gasteiger partial charge on any atom is 0.279 e. The highest BCUT2D eigenvalue weighted by Crippen LogP contribution is 2.35. The Hall–Kier alpha value is -2.42. The predicted octanol–water partition coefficient (Wildman–Crippen LogP) is 4.29. The summed E-state index contributed by atoms with van der Waals surface area (Å²) in [6.45, 7) is 3.36. The van der Waals surface area contributed by atoms with Crippen LogP contribution in [0.25, 0.3) is 0 Å². The molecular formula is C27H37N3O4S. The number of methoxy groups -OCH3 is 1. The third-order valence-corrected chi connectivity index (χ3v) is 9.11. The summed E-state index contributed by atoms with van der Waals surface area (Å²) >= 11 is 0. The van der Waals surface area contributed by atoms with Crippen LogP contribution in [0.5, 0.6) is 5.75 Å². The van der Waals surface area contributed by atoms with Crippen LogP contribution < -0.4 is 14.8 Å². The number of ether oxygens (including phenoxy) is 1. The number of piperidine rings is 1. The lowest BCUT2D eigenvalue weighted by atomic mass is 9.79. The van der Waals surface area contributed by atoms with Crippen LogP contribution in [0.4, 0.5) is 0 Å². The molecule has 190 valence electrons. The molecule has 1 atom stereocenters. The number of nitrogens with one attached hydrogen (secondary N) is 2. The Balaban J connectivity index is 1.42. The zero-order valence-electron chi connectivity index (χ0n) is 20.7. The molecule has 1 saturated heterocycles. The molecule has 1 unspecified atom stereocenters. The summed E-state index contributed by atoms with van der Waals surface area (Å²) in [7, 11) is -1.90. The predicted molar refractivity (Wildman–Crippen MR) is 137 cm³/mol. The van der Waals surface area contributed by atoms with Crippen LogP contribution in [0, 0.1) is 11.8 Å². The molecule has 1 heterocycles. The van der Waals surface area contributed by atoms with Crippen molar-refractivity contribution in [2.45, 2.75) is 57.5 Å². The molecule has 2 aromatic rings. The summed E-state index contributed by atoms with van der Waals surface area (Å²) in [5, 5.41) is 3.25. The first-order valence-corrected chi connectivity index (χ1v) is 14.1. The summed E-state index contributed by atoms with van der Waals surface area (Å²) in [4.78, 5) is 13.2. The van der Waals surface area contributed by atoms with Gasteiger partial charge in [0.05, 0.1) is 18.7 Å². The zero-order chi connectivity index (χ0) is 24.8. The van der Waals surface area contributed by atoms with Gasteiger partial charge in [0.2, 0.25) is 0 Å². The number of rotatable bonds is 8. The Labute approximate surface area is 209 Å². The van der Waals surface area contributed by atoms with Gasteiger partial charge in [0.15, 0.2) is 0 Å². The van der Waals surface area contributed by atoms with Crippen LogP contribution in [0.1, 0.15) is 67.4 Å². The standard InChI is InChI=1S/C27H37N3O4S/c1-20-16-18-30(19-17-20)35(32,33)29-23-14-12-22(13-15-23)26(21-8-4-3-5-9-21)28-27(31)24-10-6-7-11-25(24)34-2/h3-11,20,22-23,26,29H,12-19H2,1-2H3,(H,28,31). The van der Waals surface area contributed by atoms with Crippen LogP contribution in [-0.4, -0.2) is 44.9 Å². The molecule has 0 spiro atoms. The molecule has 0 radical (unpaired) electrons. The first-order chi connectivity index (χ1) is 16.9. The van der Waals surface area contributed by atoms with Crippen molar-refractivity contribution in [3.63, 3.8) is 0 Å². The summed E-state index contributed by atoms with van der Waals surface area (Å²) in [5.41, 5.74) is 1.57. The van der Waals surface area contributed by atoms with E-state index in [2.05, 4.69) is 17.0 Å². The summed E-state index contributed by atoms with van der Waals surface area (Å²) < 4.78 is 35.7. The molecule has 8 heteroatoms. The second-order valence-electron chi connectivity index (χ2n) is 9.88. The molecule has 35 heavy (non-hydrogen) atoms. The van der Waals surface area contributed by atoms with Gasteiger partial charge in [-0.25, -0.2) is 0 Å². The van der Waals surface area contributed by atoms with Crippen molar-refractivity contribution >= 4 is 16.1 Å². The molecule has 2 N–H and O–H groups in total. The number of hydrogen-bond acceptors (Lipinski definition) is 4. The minimum absolute atomic E-state index is 0.0723. The number of nitrogens with zero attached hydrogens (tertiary/aromatic N) is 1. The van der Waals surface area contributed by atoms with Gasteiger partial charge < -0.3 is 10.1 Å². The topological polar surface area (TPSA) is 87.7 Å². The third-order valence-electron chi connectivity index (χ3n) is 7.44. The number of carbonyl (C=O) groups excluding carboxylic acids is 1. The maximum atomic E-state index is 13.2. The van der Waals surface area contributed by atoms with Gasteiger partial charge in [0.25, 0.3) is 16.1 Å². The highest BCUT2D eigenvalue weighted by molar-refractivity contribution is 7.87. The SMILES string of the molecule is COc1ccccc1C(=O)NC(c1ccccc1)C1CCC(NS(=O)(=O)N2CCC(C)CC2)CC1. The van der Waals surface area contributed by atoms with Crippen LogP contribution >= 0.6 is 0 Å². The van der Waals surface area contributed by atoms with E-state index in [9.17, 15) is 13.2 Å². The van der Waals surface area contributed by atoms with Gasteiger partial charge in [-0.15, -0.1) is 0 Å². The van der Waals surface area contributed by atoms with E-state index in [1.807, 2.05) is 42.5 Å². The van der Waals surface area contributed by atoms with Crippen LogP contribution in [0.15, 0.2) is 54.6 Å². The number of benzene rings is 2. The largest absolute Gasteiger partial charge is 0.496 e. The normalized spacial score (nSPS) is 22.9. The van der Waals surface area contributed by atoms with Gasteiger partial charge in [0.1, 0.15) is 5.75 Å². The van der Waals surface area contributed by atoms with Crippen molar-refractivity contribution in [2.75, 3.05) is 20.2 Å². The number of hydrogen-bond donors (Lipinski definition) is 2. The van der Waals surface area contributed by atoms with E-state index in [4.69, 9.17) is 4.74 Å². The van der Waals surface area contributed by atoms with Crippen molar-refractivity contribution in [1.82, 2.24) is 14.3 Å². The molecule has 1 aliphatic carbocycles. The zero-order valence-corrected chi connectivity index (χ0v) is 21.5. The molecule has 2 aliphatic rings. The van der Waals surface area contributed by atoms with Gasteiger partial charge in [0, 0.05) is 19.1 Å². The van der Waals surface area contributed by atoms with Crippen molar-refractivity contribution in [3.05, 3.63) is 65.7 Å². The molecular weight excluding hydrogens is 462 g/mol. The van der Waals surface area contributed by atoms with Gasteiger partial charge >= 0.3 is 0 Å². The highest BCUT2D eigenvalue weighted by atomic mass is 32.2. The molecule has 0 aromatic heterocycles. The number of para-hydroxylation sites is 1. The second-order valence-corrected chi connectivity index (χ2v) is 11.6. The Kier molecular flexibility index (Phi) is 8.46. The number of amides is 1. The lowest BCUT2D eigenvalue weighted by Gasteiger charge is -2.36. The Morgan fingerprint density at radius 2 is 1.57 bits per heavy atom. The Bertz CT molecular complexity index is 1080. The summed E-state index contributed by atoms with van der Waals surface area (Å²) in [6, 6.07) is 17.0. The summed E-state index contributed by atoms with van der Waals surface area (Å²) in [6.07, 6.45) is 4.99. The fraction of sp³-hybridized carbons (Fsp3) is 0.519. The van der Waals surface area contributed by atoms with Gasteiger partial charge in [-0.1, -0.05) is 49.4 Å². The number of carbonyl (C=O) groups is 1. The lowest BCUT2D eigenvalue weighted by molar-refractivity contribution is 0.0907. The Morgan fingerprint density at radius 1 is 0.943 bits per heavy atom. The van der Waals surface area contributed by atoms with Gasteiger partial charge in [-0.05, 0) is 68.1 Å². The molecule has 2 fully saturated rings. The molecule has 2 aromatic carbocycles. The minimum Gasteiger partial charge on any atom is -0.496 e. The van der Waals surface area contributed by atoms with Crippen molar-refractivity contribution in [3.8, 4) is 5.75 Å². The lowest BCUT2D eigenvalue weighted by Crippen LogP contribution is -2.49. The van der Waals surface area contributed by atoms with E-state index < -0.39 is 10.2 Å². The molecule has 7 nitrogen and oxygen atoms in total. The second kappa shape index (κ2) is 11.5. The van der Waals surface area contributed by atoms with Crippen molar-refractivity contribution in [2.24, 2.45) is 11.8 Å². The molecule has 1 aliphatic heterocycles. The van der Waals surface area contributed by atoms with E-state index in [-0.39, 0.29) is 23.9 Å². The van der Waals surface area contributed by atoms with E-state index in [0.717, 1.165) is 44.1 Å². The minimum atomic E-state index is -3.46. The first kappa shape index (κ1) is 25.7. The van der Waals surface area contributed by atoms with Crippen LogP contribution in [0.3, 0.4) is 0 Å². The van der Waals surface area contributed by atoms with E-state index in [1.165, 1.54) is 0 Å². The molecule has 0 bridgehead atoms. The van der Waals surface area contributed by atoms with Crippen LogP contribution in [-0.2, 0) is 10.2 Å². The summed E-state index contributed by atoms with van der Waals surface area (Å²) in [5.74, 6) is 1.17. The fourth-order valence-electron chi connectivity index (χ4n) is 5.27. The quantitative estimate of drug-likeness (QED) is 0.567. The Morgan fingerprint density at radius 3 is 2.23 bits per heavy atom. The van der Waals surface area contributed by atoms with Crippen LogP contribution in [0.2, 0.25) is 0 Å². The molecule has 1 amide bonds. The monoisotopic (exact) mass is 499 g/mol. The molecule has 1 saturated carbocycles. The maximum absolute atomic E-state index is 13.2. The average molecular weight is 500 g/mol. The van der Waals surface area contributed by atoms with Crippen molar-refractivity contribution in [1.29, 1.82) is 0 Å². The van der Waals surface area contributed by atoms with E-state index in [0.29, 0.717) is 30.3 Å². The van der Waals surface area contributed by atoms with Gasteiger partial charge in [-0.2, -0.15) is 17.4 Å². The average Bonchev–Trinajstić information content (AvgIpc) is 2.88. The van der Waals surface area contributed by atoms with E-state index in [1.54, 1.807) is 23.5 Å². The van der Waals surface area contributed by atoms with E-state index >= 15 is 0 Å². The smallest absolute Gasteiger partial charge is 0.279 e.